The number of anilines is 1. The van der Waals surface area contributed by atoms with Gasteiger partial charge in [0.2, 0.25) is 0 Å². The van der Waals surface area contributed by atoms with E-state index in [2.05, 4.69) is 20.9 Å². The molecule has 0 amide bonds. The van der Waals surface area contributed by atoms with E-state index in [0.29, 0.717) is 16.0 Å². The van der Waals surface area contributed by atoms with Gasteiger partial charge in [-0.2, -0.15) is 0 Å². The number of allylic oxidation sites excluding steroid dienone is 1. The number of nitrogen functional groups attached to an aromatic ring is 1. The van der Waals surface area contributed by atoms with Crippen molar-refractivity contribution < 1.29 is 5.11 Å². The predicted molar refractivity (Wildman–Crippen MR) is 52.6 cm³/mol. The first-order chi connectivity index (χ1) is 5.65. The van der Waals surface area contributed by atoms with Crippen LogP contribution in [0.3, 0.4) is 0 Å². The second kappa shape index (κ2) is 3.58. The summed E-state index contributed by atoms with van der Waals surface area (Å²) in [4.78, 5) is 4.02. The molecule has 1 aromatic heterocycles. The van der Waals surface area contributed by atoms with Crippen LogP contribution in [0.15, 0.2) is 22.8 Å². The van der Waals surface area contributed by atoms with Crippen LogP contribution in [0.25, 0.3) is 5.76 Å². The van der Waals surface area contributed by atoms with Crippen molar-refractivity contribution in [3.8, 4) is 0 Å². The molecule has 0 saturated heterocycles. The first-order valence-corrected chi connectivity index (χ1v) is 4.22. The Balaban J connectivity index is 3.23. The Morgan fingerprint density at radius 3 is 2.92 bits per heavy atom. The van der Waals surface area contributed by atoms with E-state index in [1.165, 1.54) is 0 Å². The van der Waals surface area contributed by atoms with Gasteiger partial charge >= 0.3 is 0 Å². The number of aromatic nitrogens is 1. The molecule has 64 valence electrons. The molecule has 0 aromatic carbocycles. The minimum Gasteiger partial charge on any atom is -0.506 e. The Morgan fingerprint density at radius 1 is 1.67 bits per heavy atom. The molecule has 12 heavy (non-hydrogen) atoms. The van der Waals surface area contributed by atoms with Crippen LogP contribution in [-0.4, -0.2) is 10.1 Å². The fraction of sp³-hybridized carbons (Fsp3) is 0.125. The zero-order valence-electron chi connectivity index (χ0n) is 6.58. The number of hydrogen-bond donors (Lipinski definition) is 2. The monoisotopic (exact) mass is 228 g/mol. The van der Waals surface area contributed by atoms with Gasteiger partial charge < -0.3 is 10.8 Å². The number of nitrogens with zero attached hydrogens (tertiary/aromatic N) is 1. The lowest BCUT2D eigenvalue weighted by Gasteiger charge is -2.02. The topological polar surface area (TPSA) is 59.1 Å². The average Bonchev–Trinajstić information content (AvgIpc) is 2.08. The van der Waals surface area contributed by atoms with E-state index in [9.17, 15) is 5.11 Å². The third-order valence-electron chi connectivity index (χ3n) is 1.41. The Kier molecular flexibility index (Phi) is 2.70. The maximum Gasteiger partial charge on any atom is 0.139 e. The van der Waals surface area contributed by atoms with Crippen molar-refractivity contribution in [3.05, 3.63) is 28.5 Å². The van der Waals surface area contributed by atoms with Crippen molar-refractivity contribution >= 4 is 27.4 Å². The Labute approximate surface area is 79.1 Å². The first-order valence-electron chi connectivity index (χ1n) is 3.43. The molecule has 0 aliphatic heterocycles. The standard InChI is InChI=1S/C8H9BrN2O/c1-2-6(12)8-5(10)3-4-7(9)11-8/h2-4,12H,10H2,1H3. The fourth-order valence-electron chi connectivity index (χ4n) is 0.788. The number of aliphatic hydroxyl groups is 1. The Hall–Kier alpha value is -1.03. The van der Waals surface area contributed by atoms with Crippen LogP contribution in [0.5, 0.6) is 0 Å². The number of aliphatic hydroxyl groups excluding tert-OH is 1. The minimum absolute atomic E-state index is 0.0915. The van der Waals surface area contributed by atoms with Gasteiger partial charge in [-0.25, -0.2) is 4.98 Å². The molecule has 0 radical (unpaired) electrons. The third-order valence-corrected chi connectivity index (χ3v) is 1.85. The lowest BCUT2D eigenvalue weighted by Crippen LogP contribution is -1.96. The zero-order valence-corrected chi connectivity index (χ0v) is 8.17. The van der Waals surface area contributed by atoms with Gasteiger partial charge in [-0.3, -0.25) is 0 Å². The highest BCUT2D eigenvalue weighted by Gasteiger charge is 2.04. The summed E-state index contributed by atoms with van der Waals surface area (Å²) in [6.45, 7) is 1.72. The molecule has 0 saturated carbocycles. The maximum absolute atomic E-state index is 9.33. The molecule has 1 aromatic rings. The summed E-state index contributed by atoms with van der Waals surface area (Å²) in [5.41, 5.74) is 6.46. The molecule has 0 fully saturated rings. The smallest absolute Gasteiger partial charge is 0.139 e. The van der Waals surface area contributed by atoms with Gasteiger partial charge in [-0.15, -0.1) is 0 Å². The van der Waals surface area contributed by atoms with Crippen molar-refractivity contribution in [1.82, 2.24) is 4.98 Å². The van der Waals surface area contributed by atoms with Gasteiger partial charge in [0, 0.05) is 0 Å². The normalized spacial score (nSPS) is 11.7. The fourth-order valence-corrected chi connectivity index (χ4v) is 1.10. The third kappa shape index (κ3) is 1.76. The van der Waals surface area contributed by atoms with Gasteiger partial charge in [0.25, 0.3) is 0 Å². The van der Waals surface area contributed by atoms with E-state index in [4.69, 9.17) is 5.73 Å². The zero-order chi connectivity index (χ0) is 9.14. The average molecular weight is 229 g/mol. The highest BCUT2D eigenvalue weighted by Crippen LogP contribution is 2.19. The predicted octanol–water partition coefficient (Wildman–Crippen LogP) is 2.35. The highest BCUT2D eigenvalue weighted by atomic mass is 79.9. The molecule has 0 unspecified atom stereocenters. The molecular formula is C8H9BrN2O. The van der Waals surface area contributed by atoms with Crippen LogP contribution in [-0.2, 0) is 0 Å². The lowest BCUT2D eigenvalue weighted by molar-refractivity contribution is 0.508. The largest absolute Gasteiger partial charge is 0.506 e. The highest BCUT2D eigenvalue weighted by molar-refractivity contribution is 9.10. The van der Waals surface area contributed by atoms with E-state index in [1.807, 2.05) is 0 Å². The number of rotatable bonds is 1. The number of pyridine rings is 1. The van der Waals surface area contributed by atoms with Crippen molar-refractivity contribution in [3.63, 3.8) is 0 Å². The van der Waals surface area contributed by atoms with Crippen LogP contribution < -0.4 is 5.73 Å². The summed E-state index contributed by atoms with van der Waals surface area (Å²) in [7, 11) is 0. The molecule has 0 atom stereocenters. The van der Waals surface area contributed by atoms with Gasteiger partial charge in [0.15, 0.2) is 0 Å². The summed E-state index contributed by atoms with van der Waals surface area (Å²) in [5, 5.41) is 9.33. The molecule has 3 N–H and O–H groups in total. The van der Waals surface area contributed by atoms with E-state index >= 15 is 0 Å². The van der Waals surface area contributed by atoms with Gasteiger partial charge in [0.05, 0.1) is 5.69 Å². The minimum atomic E-state index is 0.0915. The van der Waals surface area contributed by atoms with E-state index in [-0.39, 0.29) is 5.76 Å². The molecule has 1 heterocycles. The summed E-state index contributed by atoms with van der Waals surface area (Å²) < 4.78 is 0.653. The second-order valence-electron chi connectivity index (χ2n) is 2.25. The van der Waals surface area contributed by atoms with E-state index in [0.717, 1.165) is 0 Å². The van der Waals surface area contributed by atoms with Crippen molar-refractivity contribution in [2.24, 2.45) is 0 Å². The van der Waals surface area contributed by atoms with Crippen LogP contribution in [0.1, 0.15) is 12.6 Å². The number of hydrogen-bond acceptors (Lipinski definition) is 3. The summed E-state index contributed by atoms with van der Waals surface area (Å²) in [6.07, 6.45) is 1.55. The van der Waals surface area contributed by atoms with Crippen molar-refractivity contribution in [2.45, 2.75) is 6.92 Å². The Bertz CT molecular complexity index is 323. The van der Waals surface area contributed by atoms with Crippen LogP contribution in [0.4, 0.5) is 5.69 Å². The summed E-state index contributed by atoms with van der Waals surface area (Å²) in [6, 6.07) is 3.41. The van der Waals surface area contributed by atoms with Gasteiger partial charge in [-0.05, 0) is 41.1 Å². The molecular weight excluding hydrogens is 220 g/mol. The van der Waals surface area contributed by atoms with Crippen LogP contribution >= 0.6 is 15.9 Å². The maximum atomic E-state index is 9.33. The van der Waals surface area contributed by atoms with E-state index in [1.54, 1.807) is 25.1 Å². The first kappa shape index (κ1) is 9.06. The Morgan fingerprint density at radius 2 is 2.33 bits per heavy atom. The molecule has 3 nitrogen and oxygen atoms in total. The van der Waals surface area contributed by atoms with Gasteiger partial charge in [-0.1, -0.05) is 0 Å². The van der Waals surface area contributed by atoms with Crippen LogP contribution in [0, 0.1) is 0 Å². The summed E-state index contributed by atoms with van der Waals surface area (Å²) >= 11 is 3.19. The molecule has 0 bridgehead atoms. The number of halogens is 1. The second-order valence-corrected chi connectivity index (χ2v) is 3.06. The number of nitrogens with two attached hydrogens (primary N) is 1. The quantitative estimate of drug-likeness (QED) is 0.574. The molecule has 1 rings (SSSR count). The van der Waals surface area contributed by atoms with Crippen molar-refractivity contribution in [1.29, 1.82) is 0 Å². The van der Waals surface area contributed by atoms with Crippen LogP contribution in [0.2, 0.25) is 0 Å². The van der Waals surface area contributed by atoms with E-state index < -0.39 is 0 Å². The van der Waals surface area contributed by atoms with Gasteiger partial charge in [0.1, 0.15) is 16.1 Å². The molecule has 0 aliphatic rings. The van der Waals surface area contributed by atoms with Crippen molar-refractivity contribution in [2.75, 3.05) is 5.73 Å². The SMILES string of the molecule is CC=C(O)c1nc(Br)ccc1N. The lowest BCUT2D eigenvalue weighted by atomic mass is 10.2. The molecule has 0 spiro atoms. The molecule has 4 heteroatoms. The summed E-state index contributed by atoms with van der Waals surface area (Å²) in [5.74, 6) is 0.0915. The molecule has 0 aliphatic carbocycles.